The molecule has 1 aliphatic carbocycles. The zero-order valence-corrected chi connectivity index (χ0v) is 12.0. The zero-order valence-electron chi connectivity index (χ0n) is 12.0. The first-order chi connectivity index (χ1) is 9.58. The number of benzene rings is 1. The molecule has 5 heteroatoms. The number of hydrogen-bond acceptors (Lipinski definition) is 4. The van der Waals surface area contributed by atoms with Crippen molar-refractivity contribution >= 4 is 11.6 Å². The molecule has 0 saturated heterocycles. The summed E-state index contributed by atoms with van der Waals surface area (Å²) in [6.07, 6.45) is 1.55. The van der Waals surface area contributed by atoms with Gasteiger partial charge in [-0.3, -0.25) is 9.69 Å². The van der Waals surface area contributed by atoms with Gasteiger partial charge in [-0.25, -0.2) is 0 Å². The fraction of sp³-hybridized carbons (Fsp3) is 0.533. The van der Waals surface area contributed by atoms with Gasteiger partial charge in [-0.1, -0.05) is 12.1 Å². The number of carbonyl (C=O) groups is 1. The smallest absolute Gasteiger partial charge is 0.238 e. The van der Waals surface area contributed by atoms with Crippen molar-refractivity contribution in [1.29, 1.82) is 0 Å². The van der Waals surface area contributed by atoms with Gasteiger partial charge < -0.3 is 15.2 Å². The Bertz CT molecular complexity index is 458. The molecule has 0 atom stereocenters. The summed E-state index contributed by atoms with van der Waals surface area (Å²) in [5.74, 6) is 1.11. The number of ether oxygens (including phenoxy) is 1. The minimum absolute atomic E-state index is 0.0585. The van der Waals surface area contributed by atoms with E-state index in [1.165, 1.54) is 0 Å². The summed E-state index contributed by atoms with van der Waals surface area (Å²) >= 11 is 0. The highest BCUT2D eigenvalue weighted by Crippen LogP contribution is 2.27. The maximum absolute atomic E-state index is 12.0. The second kappa shape index (κ2) is 6.72. The average molecular weight is 278 g/mol. The van der Waals surface area contributed by atoms with Gasteiger partial charge in [0, 0.05) is 6.54 Å². The van der Waals surface area contributed by atoms with Gasteiger partial charge in [-0.15, -0.1) is 0 Å². The third-order valence-electron chi connectivity index (χ3n) is 3.58. The van der Waals surface area contributed by atoms with Crippen LogP contribution in [0.15, 0.2) is 24.3 Å². The molecule has 1 amide bonds. The Balaban J connectivity index is 1.79. The average Bonchev–Trinajstić information content (AvgIpc) is 2.37. The quantitative estimate of drug-likeness (QED) is 0.824. The van der Waals surface area contributed by atoms with E-state index in [2.05, 4.69) is 5.32 Å². The Morgan fingerprint density at radius 3 is 2.80 bits per heavy atom. The molecule has 110 valence electrons. The van der Waals surface area contributed by atoms with Crippen LogP contribution >= 0.6 is 0 Å². The lowest BCUT2D eigenvalue weighted by Gasteiger charge is -2.34. The predicted molar refractivity (Wildman–Crippen MR) is 77.9 cm³/mol. The van der Waals surface area contributed by atoms with Crippen molar-refractivity contribution in [2.24, 2.45) is 5.92 Å². The van der Waals surface area contributed by atoms with Gasteiger partial charge in [0.25, 0.3) is 0 Å². The van der Waals surface area contributed by atoms with E-state index >= 15 is 0 Å². The number of hydrogen-bond donors (Lipinski definition) is 2. The van der Waals surface area contributed by atoms with Crippen LogP contribution in [0.4, 0.5) is 5.69 Å². The van der Waals surface area contributed by atoms with E-state index in [1.54, 1.807) is 7.11 Å². The summed E-state index contributed by atoms with van der Waals surface area (Å²) in [5, 5.41) is 12.1. The van der Waals surface area contributed by atoms with E-state index < -0.39 is 0 Å². The number of nitrogens with zero attached hydrogens (tertiary/aromatic N) is 1. The van der Waals surface area contributed by atoms with Crippen LogP contribution in [0.5, 0.6) is 5.75 Å². The van der Waals surface area contributed by atoms with Crippen LogP contribution in [0.2, 0.25) is 0 Å². The summed E-state index contributed by atoms with van der Waals surface area (Å²) in [4.78, 5) is 14.0. The van der Waals surface area contributed by atoms with Crippen LogP contribution in [-0.4, -0.2) is 49.3 Å². The molecule has 1 fully saturated rings. The number of nitrogens with one attached hydrogen (secondary N) is 1. The third kappa shape index (κ3) is 3.95. The first-order valence-electron chi connectivity index (χ1n) is 6.88. The highest BCUT2D eigenvalue weighted by atomic mass is 16.5. The lowest BCUT2D eigenvalue weighted by molar-refractivity contribution is -0.117. The lowest BCUT2D eigenvalue weighted by atomic mass is 9.82. The van der Waals surface area contributed by atoms with Gasteiger partial charge in [0.1, 0.15) is 5.75 Å². The molecule has 0 bridgehead atoms. The van der Waals surface area contributed by atoms with E-state index in [4.69, 9.17) is 4.74 Å². The number of para-hydroxylation sites is 2. The Hall–Kier alpha value is -1.59. The lowest BCUT2D eigenvalue weighted by Crippen LogP contribution is -2.39. The third-order valence-corrected chi connectivity index (χ3v) is 3.58. The molecule has 2 rings (SSSR count). The molecule has 0 spiro atoms. The van der Waals surface area contributed by atoms with Crippen molar-refractivity contribution in [3.05, 3.63) is 24.3 Å². The largest absolute Gasteiger partial charge is 0.495 e. The SMILES string of the molecule is COc1ccccc1NC(=O)CN(C)CC1CC(O)C1. The summed E-state index contributed by atoms with van der Waals surface area (Å²) in [6, 6.07) is 7.36. The summed E-state index contributed by atoms with van der Waals surface area (Å²) in [5.41, 5.74) is 0.687. The number of rotatable bonds is 6. The predicted octanol–water partition coefficient (Wildman–Crippen LogP) is 1.34. The van der Waals surface area contributed by atoms with Crippen LogP contribution in [0.1, 0.15) is 12.8 Å². The van der Waals surface area contributed by atoms with Gasteiger partial charge in [-0.05, 0) is 37.9 Å². The van der Waals surface area contributed by atoms with Crippen molar-refractivity contribution in [3.63, 3.8) is 0 Å². The molecule has 0 aliphatic heterocycles. The fourth-order valence-corrected chi connectivity index (χ4v) is 2.54. The number of methoxy groups -OCH3 is 1. The first kappa shape index (κ1) is 14.8. The maximum Gasteiger partial charge on any atom is 0.238 e. The monoisotopic (exact) mass is 278 g/mol. The number of aliphatic hydroxyl groups is 1. The maximum atomic E-state index is 12.0. The van der Waals surface area contributed by atoms with Gasteiger partial charge >= 0.3 is 0 Å². The summed E-state index contributed by atoms with van der Waals surface area (Å²) in [6.45, 7) is 1.18. The molecular formula is C15H22N2O3. The second-order valence-electron chi connectivity index (χ2n) is 5.44. The van der Waals surface area contributed by atoms with Crippen molar-refractivity contribution in [2.45, 2.75) is 18.9 Å². The van der Waals surface area contributed by atoms with E-state index in [1.807, 2.05) is 36.2 Å². The number of aliphatic hydroxyl groups excluding tert-OH is 1. The van der Waals surface area contributed by atoms with Gasteiger partial charge in [0.05, 0.1) is 25.4 Å². The van der Waals surface area contributed by atoms with Crippen molar-refractivity contribution in [2.75, 3.05) is 32.6 Å². The molecule has 0 heterocycles. The molecule has 0 radical (unpaired) electrons. The zero-order chi connectivity index (χ0) is 14.5. The summed E-state index contributed by atoms with van der Waals surface area (Å²) < 4.78 is 5.20. The molecule has 2 N–H and O–H groups in total. The molecule has 1 saturated carbocycles. The van der Waals surface area contributed by atoms with E-state index in [0.29, 0.717) is 23.9 Å². The van der Waals surface area contributed by atoms with Gasteiger partial charge in [0.2, 0.25) is 5.91 Å². The Labute approximate surface area is 119 Å². The summed E-state index contributed by atoms with van der Waals surface area (Å²) in [7, 11) is 3.51. The number of carbonyl (C=O) groups excluding carboxylic acids is 1. The number of amides is 1. The van der Waals surface area contributed by atoms with Crippen LogP contribution in [0, 0.1) is 5.92 Å². The van der Waals surface area contributed by atoms with Crippen molar-refractivity contribution in [3.8, 4) is 5.75 Å². The molecule has 1 aliphatic rings. The van der Waals surface area contributed by atoms with E-state index in [9.17, 15) is 9.90 Å². The number of anilines is 1. The molecule has 1 aromatic carbocycles. The highest BCUT2D eigenvalue weighted by Gasteiger charge is 2.28. The van der Waals surface area contributed by atoms with Crippen LogP contribution < -0.4 is 10.1 Å². The number of likely N-dealkylation sites (N-methyl/N-ethyl adjacent to an activating group) is 1. The van der Waals surface area contributed by atoms with Crippen molar-refractivity contribution < 1.29 is 14.6 Å². The van der Waals surface area contributed by atoms with Gasteiger partial charge in [-0.2, -0.15) is 0 Å². The first-order valence-corrected chi connectivity index (χ1v) is 6.88. The van der Waals surface area contributed by atoms with Gasteiger partial charge in [0.15, 0.2) is 0 Å². The fourth-order valence-electron chi connectivity index (χ4n) is 2.54. The van der Waals surface area contributed by atoms with E-state index in [-0.39, 0.29) is 12.0 Å². The Morgan fingerprint density at radius 1 is 1.45 bits per heavy atom. The highest BCUT2D eigenvalue weighted by molar-refractivity contribution is 5.93. The Morgan fingerprint density at radius 2 is 2.15 bits per heavy atom. The second-order valence-corrected chi connectivity index (χ2v) is 5.44. The molecular weight excluding hydrogens is 256 g/mol. The minimum Gasteiger partial charge on any atom is -0.495 e. The molecule has 1 aromatic rings. The molecule has 0 aromatic heterocycles. The van der Waals surface area contributed by atoms with Crippen LogP contribution in [0.25, 0.3) is 0 Å². The van der Waals surface area contributed by atoms with Crippen molar-refractivity contribution in [1.82, 2.24) is 4.90 Å². The normalized spacial score (nSPS) is 21.4. The molecule has 20 heavy (non-hydrogen) atoms. The molecule has 0 unspecified atom stereocenters. The van der Waals surface area contributed by atoms with Crippen LogP contribution in [0.3, 0.4) is 0 Å². The van der Waals surface area contributed by atoms with E-state index in [0.717, 1.165) is 19.4 Å². The topological polar surface area (TPSA) is 61.8 Å². The minimum atomic E-state index is -0.143. The van der Waals surface area contributed by atoms with Crippen LogP contribution in [-0.2, 0) is 4.79 Å². The molecule has 5 nitrogen and oxygen atoms in total. The Kier molecular flexibility index (Phi) is 4.98. The standard InChI is InChI=1S/C15H22N2O3/c1-17(9-11-7-12(18)8-11)10-15(19)16-13-5-3-4-6-14(13)20-2/h3-6,11-12,18H,7-10H2,1-2H3,(H,16,19).